The smallest absolute Gasteiger partial charge is 0.0715 e. The molecule has 0 spiro atoms. The van der Waals surface area contributed by atoms with Crippen molar-refractivity contribution in [3.05, 3.63) is 72.8 Å². The van der Waals surface area contributed by atoms with E-state index in [1.165, 1.54) is 27.6 Å². The van der Waals surface area contributed by atoms with Crippen LogP contribution in [0.4, 0.5) is 5.69 Å². The first-order valence-electron chi connectivity index (χ1n) is 7.79. The number of hydrogen-bond acceptors (Lipinski definition) is 2. The largest absolute Gasteiger partial charge is 0.378 e. The summed E-state index contributed by atoms with van der Waals surface area (Å²) < 4.78 is 0. The van der Waals surface area contributed by atoms with Gasteiger partial charge >= 0.3 is 0 Å². The van der Waals surface area contributed by atoms with Gasteiger partial charge in [-0.1, -0.05) is 42.5 Å². The molecule has 1 aromatic heterocycles. The number of nitrogens with zero attached hydrogens (tertiary/aromatic N) is 2. The van der Waals surface area contributed by atoms with Crippen LogP contribution in [0, 0.1) is 0 Å². The number of benzene rings is 3. The van der Waals surface area contributed by atoms with Gasteiger partial charge in [-0.05, 0) is 41.5 Å². The van der Waals surface area contributed by atoms with Gasteiger partial charge in [-0.15, -0.1) is 0 Å². The molecule has 0 aliphatic heterocycles. The van der Waals surface area contributed by atoms with Gasteiger partial charge in [0.25, 0.3) is 0 Å². The van der Waals surface area contributed by atoms with Crippen LogP contribution in [-0.2, 0) is 0 Å². The minimum Gasteiger partial charge on any atom is -0.378 e. The molecule has 1 heterocycles. The van der Waals surface area contributed by atoms with Gasteiger partial charge in [0.15, 0.2) is 0 Å². The maximum atomic E-state index is 4.80. The molecule has 0 aliphatic carbocycles. The van der Waals surface area contributed by atoms with Gasteiger partial charge < -0.3 is 4.90 Å². The SMILES string of the molecule is CN(C)c1ccc(-c2cccc3nc4ccccc4cc23)cc1. The van der Waals surface area contributed by atoms with Crippen LogP contribution in [0.15, 0.2) is 72.8 Å². The van der Waals surface area contributed by atoms with Crippen LogP contribution in [0.2, 0.25) is 0 Å². The topological polar surface area (TPSA) is 16.1 Å². The molecule has 3 aromatic carbocycles. The summed E-state index contributed by atoms with van der Waals surface area (Å²) >= 11 is 0. The molecule has 0 N–H and O–H groups in total. The second-order valence-corrected chi connectivity index (χ2v) is 5.99. The van der Waals surface area contributed by atoms with E-state index in [0.29, 0.717) is 0 Å². The summed E-state index contributed by atoms with van der Waals surface area (Å²) in [6.07, 6.45) is 0. The van der Waals surface area contributed by atoms with Gasteiger partial charge in [0.2, 0.25) is 0 Å². The summed E-state index contributed by atoms with van der Waals surface area (Å²) in [6.45, 7) is 0. The third-order valence-corrected chi connectivity index (χ3v) is 4.26. The Hall–Kier alpha value is -2.87. The fourth-order valence-corrected chi connectivity index (χ4v) is 2.99. The quantitative estimate of drug-likeness (QED) is 0.477. The van der Waals surface area contributed by atoms with Crippen molar-refractivity contribution in [1.82, 2.24) is 4.98 Å². The molecule has 0 saturated heterocycles. The van der Waals surface area contributed by atoms with Gasteiger partial charge in [0.05, 0.1) is 11.0 Å². The van der Waals surface area contributed by atoms with E-state index in [0.717, 1.165) is 11.0 Å². The number of pyridine rings is 1. The van der Waals surface area contributed by atoms with Gasteiger partial charge in [0, 0.05) is 30.6 Å². The molecule has 112 valence electrons. The van der Waals surface area contributed by atoms with Crippen LogP contribution in [0.5, 0.6) is 0 Å². The molecule has 4 aromatic rings. The zero-order chi connectivity index (χ0) is 15.8. The lowest BCUT2D eigenvalue weighted by Gasteiger charge is -2.13. The maximum Gasteiger partial charge on any atom is 0.0715 e. The predicted molar refractivity (Wildman–Crippen MR) is 99.0 cm³/mol. The fourth-order valence-electron chi connectivity index (χ4n) is 2.99. The number of hydrogen-bond donors (Lipinski definition) is 0. The summed E-state index contributed by atoms with van der Waals surface area (Å²) in [6, 6.07) is 25.5. The number of fused-ring (bicyclic) bond motifs is 2. The van der Waals surface area contributed by atoms with Crippen molar-refractivity contribution >= 4 is 27.5 Å². The normalized spacial score (nSPS) is 11.0. The molecular formula is C21H18N2. The van der Waals surface area contributed by atoms with E-state index in [-0.39, 0.29) is 0 Å². The van der Waals surface area contributed by atoms with E-state index in [9.17, 15) is 0 Å². The second kappa shape index (κ2) is 5.40. The summed E-state index contributed by atoms with van der Waals surface area (Å²) in [5, 5.41) is 2.38. The molecule has 2 nitrogen and oxygen atoms in total. The highest BCUT2D eigenvalue weighted by Gasteiger charge is 2.07. The molecule has 4 rings (SSSR count). The highest BCUT2D eigenvalue weighted by molar-refractivity contribution is 6.01. The van der Waals surface area contributed by atoms with Crippen LogP contribution >= 0.6 is 0 Å². The summed E-state index contributed by atoms with van der Waals surface area (Å²) in [5.74, 6) is 0. The lowest BCUT2D eigenvalue weighted by atomic mass is 9.99. The number of anilines is 1. The third-order valence-electron chi connectivity index (χ3n) is 4.26. The van der Waals surface area contributed by atoms with Crippen molar-refractivity contribution < 1.29 is 0 Å². The third kappa shape index (κ3) is 2.42. The lowest BCUT2D eigenvalue weighted by Crippen LogP contribution is -2.07. The van der Waals surface area contributed by atoms with E-state index in [1.54, 1.807) is 0 Å². The Morgan fingerprint density at radius 3 is 2.26 bits per heavy atom. The Balaban J connectivity index is 1.93. The molecule has 0 radical (unpaired) electrons. The van der Waals surface area contributed by atoms with Gasteiger partial charge in [0.1, 0.15) is 0 Å². The fraction of sp³-hybridized carbons (Fsp3) is 0.0952. The number of aromatic nitrogens is 1. The van der Waals surface area contributed by atoms with E-state index in [2.05, 4.69) is 85.7 Å². The van der Waals surface area contributed by atoms with E-state index < -0.39 is 0 Å². The Morgan fingerprint density at radius 1 is 0.739 bits per heavy atom. The standard InChI is InChI=1S/C21H18N2/c1-23(2)17-12-10-15(11-13-17)18-7-5-9-21-19(18)14-16-6-3-4-8-20(16)22-21/h3-14H,1-2H3. The predicted octanol–water partition coefficient (Wildman–Crippen LogP) is 5.12. The lowest BCUT2D eigenvalue weighted by molar-refractivity contribution is 1.13. The van der Waals surface area contributed by atoms with Gasteiger partial charge in [-0.25, -0.2) is 4.98 Å². The van der Waals surface area contributed by atoms with Gasteiger partial charge in [-0.2, -0.15) is 0 Å². The molecule has 23 heavy (non-hydrogen) atoms. The van der Waals surface area contributed by atoms with Crippen molar-refractivity contribution in [3.63, 3.8) is 0 Å². The molecular weight excluding hydrogens is 280 g/mol. The molecule has 0 aliphatic rings. The Morgan fingerprint density at radius 2 is 1.48 bits per heavy atom. The minimum absolute atomic E-state index is 1.04. The zero-order valence-electron chi connectivity index (χ0n) is 13.3. The second-order valence-electron chi connectivity index (χ2n) is 5.99. The van der Waals surface area contributed by atoms with Crippen LogP contribution in [-0.4, -0.2) is 19.1 Å². The minimum atomic E-state index is 1.04. The van der Waals surface area contributed by atoms with Crippen LogP contribution in [0.1, 0.15) is 0 Å². The van der Waals surface area contributed by atoms with Crippen molar-refractivity contribution in [1.29, 1.82) is 0 Å². The molecule has 0 atom stereocenters. The molecule has 0 unspecified atom stereocenters. The Labute approximate surface area is 136 Å². The average Bonchev–Trinajstić information content (AvgIpc) is 2.59. The van der Waals surface area contributed by atoms with E-state index in [1.807, 2.05) is 6.07 Å². The first-order chi connectivity index (χ1) is 11.2. The van der Waals surface area contributed by atoms with Crippen molar-refractivity contribution in [2.24, 2.45) is 0 Å². The first-order valence-corrected chi connectivity index (χ1v) is 7.79. The summed E-state index contributed by atoms with van der Waals surface area (Å²) in [5.41, 5.74) is 5.74. The number of para-hydroxylation sites is 1. The van der Waals surface area contributed by atoms with Crippen molar-refractivity contribution in [2.45, 2.75) is 0 Å². The molecule has 0 bridgehead atoms. The van der Waals surface area contributed by atoms with Crippen LogP contribution in [0.3, 0.4) is 0 Å². The summed E-state index contributed by atoms with van der Waals surface area (Å²) in [4.78, 5) is 6.91. The zero-order valence-corrected chi connectivity index (χ0v) is 13.3. The van der Waals surface area contributed by atoms with Crippen LogP contribution in [0.25, 0.3) is 32.9 Å². The first kappa shape index (κ1) is 13.8. The molecule has 2 heteroatoms. The molecule has 0 fully saturated rings. The Bertz CT molecular complexity index is 985. The van der Waals surface area contributed by atoms with Crippen molar-refractivity contribution in [2.75, 3.05) is 19.0 Å². The maximum absolute atomic E-state index is 4.80. The van der Waals surface area contributed by atoms with Crippen LogP contribution < -0.4 is 4.90 Å². The highest BCUT2D eigenvalue weighted by Crippen LogP contribution is 2.31. The summed E-state index contributed by atoms with van der Waals surface area (Å²) in [7, 11) is 4.12. The van der Waals surface area contributed by atoms with E-state index >= 15 is 0 Å². The molecule has 0 amide bonds. The van der Waals surface area contributed by atoms with Gasteiger partial charge in [-0.3, -0.25) is 0 Å². The van der Waals surface area contributed by atoms with Crippen molar-refractivity contribution in [3.8, 4) is 11.1 Å². The molecule has 0 saturated carbocycles. The number of rotatable bonds is 2. The monoisotopic (exact) mass is 298 g/mol. The Kier molecular flexibility index (Phi) is 3.23. The average molecular weight is 298 g/mol. The van der Waals surface area contributed by atoms with E-state index in [4.69, 9.17) is 4.98 Å². The highest BCUT2D eigenvalue weighted by atomic mass is 15.1.